The summed E-state index contributed by atoms with van der Waals surface area (Å²) in [5.74, 6) is 0.759. The van der Waals surface area contributed by atoms with E-state index in [4.69, 9.17) is 0 Å². The van der Waals surface area contributed by atoms with E-state index in [9.17, 15) is 5.11 Å². The third kappa shape index (κ3) is 2.29. The van der Waals surface area contributed by atoms with Gasteiger partial charge in [-0.05, 0) is 32.1 Å². The lowest BCUT2D eigenvalue weighted by Gasteiger charge is -2.36. The molecular weight excluding hydrogens is 220 g/mol. The number of rotatable bonds is 5. The highest BCUT2D eigenvalue weighted by molar-refractivity contribution is 7.09. The number of aromatic nitrogens is 1. The van der Waals surface area contributed by atoms with Crippen molar-refractivity contribution in [3.05, 3.63) is 16.1 Å². The van der Waals surface area contributed by atoms with Crippen molar-refractivity contribution < 1.29 is 5.11 Å². The molecule has 1 aromatic rings. The molecule has 0 saturated heterocycles. The van der Waals surface area contributed by atoms with Crippen LogP contribution in [-0.2, 0) is 6.54 Å². The van der Waals surface area contributed by atoms with Gasteiger partial charge in [0, 0.05) is 24.4 Å². The minimum atomic E-state index is -0.421. The molecule has 0 aliphatic heterocycles. The molecule has 88 valence electrons. The third-order valence-electron chi connectivity index (χ3n) is 3.54. The van der Waals surface area contributed by atoms with E-state index >= 15 is 0 Å². The highest BCUT2D eigenvalue weighted by atomic mass is 32.1. The van der Waals surface area contributed by atoms with E-state index in [0.717, 1.165) is 31.0 Å². The standard InChI is InChI=1S/C12H18N2OS/c15-12(4-1-5-12)8-13-6-10-7-16-11(14-10)9-2-3-9/h7,9,13,15H,1-6,8H2. The highest BCUT2D eigenvalue weighted by Crippen LogP contribution is 2.41. The van der Waals surface area contributed by atoms with Crippen LogP contribution in [0.25, 0.3) is 0 Å². The van der Waals surface area contributed by atoms with Crippen molar-refractivity contribution in [1.82, 2.24) is 10.3 Å². The Morgan fingerprint density at radius 3 is 2.94 bits per heavy atom. The Kier molecular flexibility index (Phi) is 2.73. The fraction of sp³-hybridized carbons (Fsp3) is 0.750. The highest BCUT2D eigenvalue weighted by Gasteiger charge is 2.33. The Balaban J connectivity index is 1.46. The first-order chi connectivity index (χ1) is 7.75. The van der Waals surface area contributed by atoms with E-state index in [-0.39, 0.29) is 0 Å². The van der Waals surface area contributed by atoms with Crippen molar-refractivity contribution in [2.24, 2.45) is 0 Å². The van der Waals surface area contributed by atoms with Gasteiger partial charge in [0.25, 0.3) is 0 Å². The minimum absolute atomic E-state index is 0.421. The summed E-state index contributed by atoms with van der Waals surface area (Å²) in [7, 11) is 0. The molecule has 0 bridgehead atoms. The fourth-order valence-electron chi connectivity index (χ4n) is 2.11. The summed E-state index contributed by atoms with van der Waals surface area (Å²) in [6.45, 7) is 1.51. The lowest BCUT2D eigenvalue weighted by Crippen LogP contribution is -2.46. The summed E-state index contributed by atoms with van der Waals surface area (Å²) in [5.41, 5.74) is 0.713. The summed E-state index contributed by atoms with van der Waals surface area (Å²) in [6, 6.07) is 0. The van der Waals surface area contributed by atoms with Crippen LogP contribution in [0.5, 0.6) is 0 Å². The number of hydrogen-bond acceptors (Lipinski definition) is 4. The second-order valence-corrected chi connectivity index (χ2v) is 6.02. The van der Waals surface area contributed by atoms with Gasteiger partial charge in [-0.2, -0.15) is 0 Å². The van der Waals surface area contributed by atoms with Crippen LogP contribution in [0.4, 0.5) is 0 Å². The van der Waals surface area contributed by atoms with Crippen molar-refractivity contribution in [3.8, 4) is 0 Å². The van der Waals surface area contributed by atoms with E-state index in [2.05, 4.69) is 15.7 Å². The van der Waals surface area contributed by atoms with Crippen LogP contribution < -0.4 is 5.32 Å². The van der Waals surface area contributed by atoms with Gasteiger partial charge in [-0.25, -0.2) is 4.98 Å². The first-order valence-electron chi connectivity index (χ1n) is 6.13. The van der Waals surface area contributed by atoms with E-state index in [0.29, 0.717) is 6.54 Å². The zero-order chi connectivity index (χ0) is 11.0. The molecule has 2 N–H and O–H groups in total. The molecule has 2 aliphatic carbocycles. The van der Waals surface area contributed by atoms with Crippen molar-refractivity contribution in [1.29, 1.82) is 0 Å². The maximum atomic E-state index is 9.91. The largest absolute Gasteiger partial charge is 0.389 e. The molecule has 2 aliphatic rings. The van der Waals surface area contributed by atoms with Gasteiger partial charge in [-0.1, -0.05) is 0 Å². The summed E-state index contributed by atoms with van der Waals surface area (Å²) >= 11 is 1.78. The first kappa shape index (κ1) is 10.7. The van der Waals surface area contributed by atoms with Gasteiger partial charge >= 0.3 is 0 Å². The average Bonchev–Trinajstić information content (AvgIpc) is 2.97. The molecule has 2 saturated carbocycles. The quantitative estimate of drug-likeness (QED) is 0.825. The normalized spacial score (nSPS) is 23.1. The first-order valence-corrected chi connectivity index (χ1v) is 7.01. The molecule has 0 aromatic carbocycles. The van der Waals surface area contributed by atoms with E-state index in [1.54, 1.807) is 11.3 Å². The van der Waals surface area contributed by atoms with Gasteiger partial charge in [0.1, 0.15) is 0 Å². The second kappa shape index (κ2) is 4.09. The maximum Gasteiger partial charge on any atom is 0.0959 e. The topological polar surface area (TPSA) is 45.1 Å². The summed E-state index contributed by atoms with van der Waals surface area (Å²) in [5, 5.41) is 16.7. The number of aliphatic hydroxyl groups is 1. The summed E-state index contributed by atoms with van der Waals surface area (Å²) in [4.78, 5) is 4.61. The van der Waals surface area contributed by atoms with Gasteiger partial charge < -0.3 is 10.4 Å². The predicted octanol–water partition coefficient (Wildman–Crippen LogP) is 2.03. The SMILES string of the molecule is OC1(CNCc2csc(C3CC3)n2)CCC1. The minimum Gasteiger partial charge on any atom is -0.389 e. The molecule has 3 nitrogen and oxygen atoms in total. The number of hydrogen-bond donors (Lipinski definition) is 2. The number of nitrogens with zero attached hydrogens (tertiary/aromatic N) is 1. The van der Waals surface area contributed by atoms with Crippen molar-refractivity contribution in [2.75, 3.05) is 6.54 Å². The van der Waals surface area contributed by atoms with Gasteiger partial charge in [0.05, 0.1) is 16.3 Å². The van der Waals surface area contributed by atoms with Gasteiger partial charge in [-0.3, -0.25) is 0 Å². The predicted molar refractivity (Wildman–Crippen MR) is 64.6 cm³/mol. The summed E-state index contributed by atoms with van der Waals surface area (Å²) < 4.78 is 0. The van der Waals surface area contributed by atoms with Crippen LogP contribution in [0.2, 0.25) is 0 Å². The van der Waals surface area contributed by atoms with E-state index < -0.39 is 5.60 Å². The monoisotopic (exact) mass is 238 g/mol. The van der Waals surface area contributed by atoms with E-state index in [1.165, 1.54) is 24.3 Å². The molecular formula is C12H18N2OS. The van der Waals surface area contributed by atoms with Crippen LogP contribution in [0.1, 0.15) is 48.7 Å². The fourth-order valence-corrected chi connectivity index (χ4v) is 3.10. The Morgan fingerprint density at radius 2 is 2.31 bits per heavy atom. The van der Waals surface area contributed by atoms with Crippen LogP contribution in [-0.4, -0.2) is 22.2 Å². The van der Waals surface area contributed by atoms with Gasteiger partial charge in [0.15, 0.2) is 0 Å². The average molecular weight is 238 g/mol. The van der Waals surface area contributed by atoms with Crippen LogP contribution in [0, 0.1) is 0 Å². The van der Waals surface area contributed by atoms with Crippen molar-refractivity contribution in [2.45, 2.75) is 50.2 Å². The molecule has 4 heteroatoms. The molecule has 16 heavy (non-hydrogen) atoms. The van der Waals surface area contributed by atoms with Crippen molar-refractivity contribution >= 4 is 11.3 Å². The Labute approximate surface area is 99.9 Å². The van der Waals surface area contributed by atoms with Crippen LogP contribution >= 0.6 is 11.3 Å². The molecule has 0 unspecified atom stereocenters. The molecule has 0 atom stereocenters. The number of thiazole rings is 1. The molecule has 0 spiro atoms. The molecule has 0 amide bonds. The maximum absolute atomic E-state index is 9.91. The zero-order valence-electron chi connectivity index (χ0n) is 9.41. The molecule has 3 rings (SSSR count). The van der Waals surface area contributed by atoms with Crippen LogP contribution in [0.15, 0.2) is 5.38 Å². The molecule has 2 fully saturated rings. The molecule has 1 aromatic heterocycles. The second-order valence-electron chi connectivity index (χ2n) is 5.13. The molecule has 1 heterocycles. The zero-order valence-corrected chi connectivity index (χ0v) is 10.2. The van der Waals surface area contributed by atoms with Crippen molar-refractivity contribution in [3.63, 3.8) is 0 Å². The van der Waals surface area contributed by atoms with Gasteiger partial charge in [-0.15, -0.1) is 11.3 Å². The Hall–Kier alpha value is -0.450. The van der Waals surface area contributed by atoms with Gasteiger partial charge in [0.2, 0.25) is 0 Å². The Bertz CT molecular complexity index is 369. The van der Waals surface area contributed by atoms with Crippen LogP contribution in [0.3, 0.4) is 0 Å². The smallest absolute Gasteiger partial charge is 0.0959 e. The summed E-state index contributed by atoms with van der Waals surface area (Å²) in [6.07, 6.45) is 5.70. The third-order valence-corrected chi connectivity index (χ3v) is 4.60. The Morgan fingerprint density at radius 1 is 1.50 bits per heavy atom. The lowest BCUT2D eigenvalue weighted by atomic mass is 9.80. The lowest BCUT2D eigenvalue weighted by molar-refractivity contribution is -0.0315. The molecule has 0 radical (unpaired) electrons. The number of nitrogens with one attached hydrogen (secondary N) is 1. The van der Waals surface area contributed by atoms with E-state index in [1.807, 2.05) is 0 Å².